The number of anilines is 1. The van der Waals surface area contributed by atoms with Gasteiger partial charge in [-0.25, -0.2) is 4.98 Å². The van der Waals surface area contributed by atoms with Crippen LogP contribution in [0.2, 0.25) is 5.02 Å². The van der Waals surface area contributed by atoms with Crippen LogP contribution in [0.4, 0.5) is 18.9 Å². The van der Waals surface area contributed by atoms with Gasteiger partial charge in [0.25, 0.3) is 0 Å². The zero-order chi connectivity index (χ0) is 23.5. The van der Waals surface area contributed by atoms with Crippen molar-refractivity contribution in [1.82, 2.24) is 15.2 Å². The molecule has 11 heteroatoms. The number of pyridine rings is 1. The summed E-state index contributed by atoms with van der Waals surface area (Å²) in [5.41, 5.74) is -0.337. The fraction of sp³-hybridized carbons (Fsp3) is 0.476. The van der Waals surface area contributed by atoms with Crippen LogP contribution in [-0.4, -0.2) is 52.0 Å². The molecule has 0 unspecified atom stereocenters. The predicted molar refractivity (Wildman–Crippen MR) is 128 cm³/mol. The van der Waals surface area contributed by atoms with Crippen LogP contribution < -0.4 is 10.6 Å². The van der Waals surface area contributed by atoms with Crippen molar-refractivity contribution in [2.45, 2.75) is 43.9 Å². The molecule has 0 spiro atoms. The van der Waals surface area contributed by atoms with Gasteiger partial charge in [0, 0.05) is 42.3 Å². The average Bonchev–Trinajstić information content (AvgIpc) is 2.72. The quantitative estimate of drug-likeness (QED) is 0.537. The molecule has 2 aromatic rings. The van der Waals surface area contributed by atoms with Crippen molar-refractivity contribution in [2.75, 3.05) is 25.2 Å². The molecule has 1 aromatic carbocycles. The second kappa shape index (κ2) is 10.4. The fourth-order valence-electron chi connectivity index (χ4n) is 3.59. The maximum atomic E-state index is 13.3. The van der Waals surface area contributed by atoms with E-state index >= 15 is 0 Å². The van der Waals surface area contributed by atoms with Crippen LogP contribution in [0.1, 0.15) is 31.4 Å². The maximum absolute atomic E-state index is 13.3. The molecule has 2 N–H and O–H groups in total. The Labute approximate surface area is 199 Å². The van der Waals surface area contributed by atoms with Crippen LogP contribution in [0, 0.1) is 0 Å². The average molecular weight is 505 g/mol. The van der Waals surface area contributed by atoms with Crippen molar-refractivity contribution < 1.29 is 18.0 Å². The van der Waals surface area contributed by atoms with E-state index in [9.17, 15) is 18.0 Å². The highest BCUT2D eigenvalue weighted by Gasteiger charge is 2.34. The van der Waals surface area contributed by atoms with Gasteiger partial charge in [0.05, 0.1) is 11.3 Å². The summed E-state index contributed by atoms with van der Waals surface area (Å²) < 4.78 is 40.6. The second-order valence-electron chi connectivity index (χ2n) is 7.92. The lowest BCUT2D eigenvalue weighted by Crippen LogP contribution is -2.41. The first-order valence-corrected chi connectivity index (χ1v) is 11.9. The summed E-state index contributed by atoms with van der Waals surface area (Å²) in [6.07, 6.45) is -1.62. The molecule has 0 bridgehead atoms. The first-order valence-electron chi connectivity index (χ1n) is 10.1. The summed E-state index contributed by atoms with van der Waals surface area (Å²) in [7, 11) is 3.66. The lowest BCUT2D eigenvalue weighted by atomic mass is 9.91. The summed E-state index contributed by atoms with van der Waals surface area (Å²) in [5, 5.41) is 7.26. The Morgan fingerprint density at radius 2 is 1.88 bits per heavy atom. The van der Waals surface area contributed by atoms with Gasteiger partial charge >= 0.3 is 6.18 Å². The van der Waals surface area contributed by atoms with Crippen LogP contribution in [0.25, 0.3) is 10.9 Å². The number of fused-ring (bicyclic) bond motifs is 1. The van der Waals surface area contributed by atoms with Crippen LogP contribution in [-0.2, 0) is 11.0 Å². The third-order valence-electron chi connectivity index (χ3n) is 5.20. The number of thiocarbonyl (C=S) groups is 1. The van der Waals surface area contributed by atoms with Gasteiger partial charge in [-0.3, -0.25) is 4.79 Å². The Morgan fingerprint density at radius 1 is 1.22 bits per heavy atom. The van der Waals surface area contributed by atoms with Gasteiger partial charge in [-0.15, -0.1) is 0 Å². The highest BCUT2D eigenvalue weighted by molar-refractivity contribution is 8.23. The summed E-state index contributed by atoms with van der Waals surface area (Å²) in [4.78, 5) is 17.7. The van der Waals surface area contributed by atoms with Crippen LogP contribution in [0.5, 0.6) is 0 Å². The highest BCUT2D eigenvalue weighted by atomic mass is 35.5. The summed E-state index contributed by atoms with van der Waals surface area (Å²) in [5.74, 6) is 0.194. The molecule has 32 heavy (non-hydrogen) atoms. The van der Waals surface area contributed by atoms with Crippen LogP contribution >= 0.6 is 35.6 Å². The third kappa shape index (κ3) is 6.62. The number of carbonyl (C=O) groups excluding carboxylic acids is 1. The molecule has 5 nitrogen and oxygen atoms in total. The second-order valence-corrected chi connectivity index (χ2v) is 9.97. The molecule has 1 saturated carbocycles. The van der Waals surface area contributed by atoms with Gasteiger partial charge < -0.3 is 15.5 Å². The Morgan fingerprint density at radius 3 is 2.50 bits per heavy atom. The molecule has 1 aliphatic carbocycles. The zero-order valence-corrected chi connectivity index (χ0v) is 20.0. The number of benzene rings is 1. The van der Waals surface area contributed by atoms with Crippen LogP contribution in [0.15, 0.2) is 24.3 Å². The molecule has 0 atom stereocenters. The third-order valence-corrected chi connectivity index (χ3v) is 7.18. The minimum atomic E-state index is -4.54. The predicted octanol–water partition coefficient (Wildman–Crippen LogP) is 5.33. The minimum Gasteiger partial charge on any atom is -0.382 e. The standard InChI is InChI=1S/C21H24ClF3N4OS2/c1-29(2)20(31)32-11-19(30)27-14-6-4-13(5-7-14)26-17-10-18(21(23,24)25)28-16-8-3-12(22)9-15(16)17/h3,8-10,13-14H,4-7,11H2,1-2H3,(H,26,28)(H,27,30)/t13-,14+. The van der Waals surface area contributed by atoms with Crippen molar-refractivity contribution in [1.29, 1.82) is 0 Å². The molecule has 1 aliphatic rings. The molecule has 1 heterocycles. The van der Waals surface area contributed by atoms with E-state index in [1.165, 1.54) is 23.9 Å². The van der Waals surface area contributed by atoms with E-state index < -0.39 is 11.9 Å². The lowest BCUT2D eigenvalue weighted by molar-refractivity contribution is -0.140. The van der Waals surface area contributed by atoms with E-state index in [1.807, 2.05) is 14.1 Å². The molecule has 1 fully saturated rings. The summed E-state index contributed by atoms with van der Waals surface area (Å²) in [6, 6.07) is 5.71. The number of thioether (sulfide) groups is 1. The van der Waals surface area contributed by atoms with Crippen molar-refractivity contribution in [3.05, 3.63) is 35.0 Å². The van der Waals surface area contributed by atoms with Gasteiger partial charge in [-0.2, -0.15) is 13.2 Å². The maximum Gasteiger partial charge on any atom is 0.433 e. The number of nitrogens with one attached hydrogen (secondary N) is 2. The Balaban J connectivity index is 1.62. The Bertz CT molecular complexity index is 995. The van der Waals surface area contributed by atoms with Gasteiger partial charge in [-0.05, 0) is 49.9 Å². The van der Waals surface area contributed by atoms with Crippen LogP contribution in [0.3, 0.4) is 0 Å². The number of carbonyl (C=O) groups is 1. The van der Waals surface area contributed by atoms with Gasteiger partial charge in [0.2, 0.25) is 5.91 Å². The number of halogens is 4. The largest absolute Gasteiger partial charge is 0.433 e. The number of hydrogen-bond acceptors (Lipinski definition) is 5. The molecular formula is C21H24ClF3N4OS2. The smallest absolute Gasteiger partial charge is 0.382 e. The van der Waals surface area contributed by atoms with Gasteiger partial charge in [0.1, 0.15) is 10.0 Å². The zero-order valence-electron chi connectivity index (χ0n) is 17.6. The van der Waals surface area contributed by atoms with E-state index in [-0.39, 0.29) is 29.3 Å². The van der Waals surface area contributed by atoms with E-state index in [1.54, 1.807) is 11.0 Å². The fourth-order valence-corrected chi connectivity index (χ4v) is 4.54. The summed E-state index contributed by atoms with van der Waals surface area (Å²) >= 11 is 12.5. The number of rotatable bonds is 5. The molecule has 0 saturated heterocycles. The normalized spacial score (nSPS) is 18.9. The van der Waals surface area contributed by atoms with Crippen molar-refractivity contribution in [3.8, 4) is 0 Å². The van der Waals surface area contributed by atoms with E-state index in [0.717, 1.165) is 31.7 Å². The first-order chi connectivity index (χ1) is 15.0. The number of aromatic nitrogens is 1. The monoisotopic (exact) mass is 504 g/mol. The molecule has 3 rings (SSSR count). The van der Waals surface area contributed by atoms with Gasteiger partial charge in [0.15, 0.2) is 0 Å². The summed E-state index contributed by atoms with van der Waals surface area (Å²) in [6.45, 7) is 0. The molecule has 1 aromatic heterocycles. The lowest BCUT2D eigenvalue weighted by Gasteiger charge is -2.30. The van der Waals surface area contributed by atoms with Crippen molar-refractivity contribution in [2.24, 2.45) is 0 Å². The SMILES string of the molecule is CN(C)C(=S)SCC(=O)N[C@H]1CC[C@@H](Nc2cc(C(F)(F)F)nc3ccc(Cl)cc23)CC1. The number of nitrogens with zero attached hydrogens (tertiary/aromatic N) is 2. The molecule has 0 aliphatic heterocycles. The highest BCUT2D eigenvalue weighted by Crippen LogP contribution is 2.35. The van der Waals surface area contributed by atoms with Gasteiger partial charge in [-0.1, -0.05) is 35.6 Å². The van der Waals surface area contributed by atoms with Crippen molar-refractivity contribution in [3.63, 3.8) is 0 Å². The molecular weight excluding hydrogens is 481 g/mol. The number of alkyl halides is 3. The Hall–Kier alpha value is -1.78. The topological polar surface area (TPSA) is 57.3 Å². The van der Waals surface area contributed by atoms with E-state index in [4.69, 9.17) is 23.8 Å². The van der Waals surface area contributed by atoms with E-state index in [0.29, 0.717) is 20.4 Å². The molecule has 1 amide bonds. The Kier molecular flexibility index (Phi) is 8.11. The number of amides is 1. The molecule has 174 valence electrons. The van der Waals surface area contributed by atoms with Crippen molar-refractivity contribution >= 4 is 62.4 Å². The first kappa shape index (κ1) is 24.9. The van der Waals surface area contributed by atoms with E-state index in [2.05, 4.69) is 15.6 Å². The minimum absolute atomic E-state index is 0.00971. The number of hydrogen-bond donors (Lipinski definition) is 2. The molecule has 0 radical (unpaired) electrons.